The fourth-order valence-electron chi connectivity index (χ4n) is 3.85. The zero-order chi connectivity index (χ0) is 15.1. The molecule has 22 heavy (non-hydrogen) atoms. The van der Waals surface area contributed by atoms with Crippen molar-refractivity contribution in [2.75, 3.05) is 26.7 Å². The zero-order valence-electron chi connectivity index (χ0n) is 12.8. The Balaban J connectivity index is 1.80. The molecule has 3 nitrogen and oxygen atoms in total. The van der Waals surface area contributed by atoms with E-state index in [4.69, 9.17) is 0 Å². The van der Waals surface area contributed by atoms with Crippen LogP contribution in [0.15, 0.2) is 48.5 Å². The maximum Gasteiger partial charge on any atom is 0.251 e. The van der Waals surface area contributed by atoms with Gasteiger partial charge in [0.15, 0.2) is 0 Å². The molecule has 0 unspecified atom stereocenters. The smallest absolute Gasteiger partial charge is 0.251 e. The molecule has 112 valence electrons. The van der Waals surface area contributed by atoms with Crippen molar-refractivity contribution in [3.8, 4) is 11.1 Å². The molecule has 1 N–H and O–H groups in total. The average Bonchev–Trinajstić information content (AvgIpc) is 2.88. The van der Waals surface area contributed by atoms with E-state index < -0.39 is 0 Å². The van der Waals surface area contributed by atoms with E-state index in [0.717, 1.165) is 36.3 Å². The molecule has 1 amide bonds. The molecule has 0 radical (unpaired) electrons. The summed E-state index contributed by atoms with van der Waals surface area (Å²) in [5, 5.41) is 3.11. The van der Waals surface area contributed by atoms with E-state index in [1.54, 1.807) is 0 Å². The zero-order valence-corrected chi connectivity index (χ0v) is 12.8. The van der Waals surface area contributed by atoms with Crippen LogP contribution < -0.4 is 5.32 Å². The van der Waals surface area contributed by atoms with Crippen molar-refractivity contribution in [1.82, 2.24) is 10.2 Å². The Morgan fingerprint density at radius 3 is 2.68 bits per heavy atom. The summed E-state index contributed by atoms with van der Waals surface area (Å²) in [7, 11) is 2.16. The number of nitrogens with one attached hydrogen (secondary N) is 1. The van der Waals surface area contributed by atoms with Crippen LogP contribution in [0.5, 0.6) is 0 Å². The summed E-state index contributed by atoms with van der Waals surface area (Å²) in [4.78, 5) is 14.8. The molecular formula is C19H20N2O. The first-order valence-electron chi connectivity index (χ1n) is 7.88. The van der Waals surface area contributed by atoms with E-state index in [0.29, 0.717) is 11.8 Å². The summed E-state index contributed by atoms with van der Waals surface area (Å²) in [6.07, 6.45) is 0. The highest BCUT2D eigenvalue weighted by atomic mass is 16.1. The minimum atomic E-state index is 0.0739. The first-order valence-corrected chi connectivity index (χ1v) is 7.88. The highest BCUT2D eigenvalue weighted by Gasteiger charge is 2.36. The van der Waals surface area contributed by atoms with Crippen LogP contribution in [-0.4, -0.2) is 37.5 Å². The Kier molecular flexibility index (Phi) is 3.23. The Morgan fingerprint density at radius 1 is 1.05 bits per heavy atom. The van der Waals surface area contributed by atoms with Gasteiger partial charge in [-0.05, 0) is 35.7 Å². The summed E-state index contributed by atoms with van der Waals surface area (Å²) in [6, 6.07) is 16.6. The quantitative estimate of drug-likeness (QED) is 0.876. The minimum absolute atomic E-state index is 0.0739. The predicted octanol–water partition coefficient (Wildman–Crippen LogP) is 2.74. The molecule has 2 aromatic carbocycles. The lowest BCUT2D eigenvalue weighted by molar-refractivity contribution is 0.0951. The molecule has 1 saturated heterocycles. The van der Waals surface area contributed by atoms with Crippen LogP contribution in [-0.2, 0) is 0 Å². The van der Waals surface area contributed by atoms with Crippen molar-refractivity contribution < 1.29 is 4.79 Å². The number of rotatable bonds is 1. The van der Waals surface area contributed by atoms with Crippen molar-refractivity contribution in [1.29, 1.82) is 0 Å². The van der Waals surface area contributed by atoms with Gasteiger partial charge in [-0.2, -0.15) is 0 Å². The van der Waals surface area contributed by atoms with Gasteiger partial charge >= 0.3 is 0 Å². The van der Waals surface area contributed by atoms with Crippen molar-refractivity contribution >= 4 is 5.91 Å². The predicted molar refractivity (Wildman–Crippen MR) is 87.9 cm³/mol. The fourth-order valence-corrected chi connectivity index (χ4v) is 3.85. The third-order valence-corrected chi connectivity index (χ3v) is 4.95. The number of hydrogen-bond acceptors (Lipinski definition) is 2. The number of likely N-dealkylation sites (N-methyl/N-ethyl adjacent to an activating group) is 1. The van der Waals surface area contributed by atoms with E-state index in [1.165, 1.54) is 5.56 Å². The minimum Gasteiger partial charge on any atom is -0.352 e. The van der Waals surface area contributed by atoms with E-state index in [-0.39, 0.29) is 5.91 Å². The number of likely N-dealkylation sites (tertiary alicyclic amines) is 1. The van der Waals surface area contributed by atoms with Crippen LogP contribution in [0.4, 0.5) is 0 Å². The number of hydrogen-bond donors (Lipinski definition) is 1. The average molecular weight is 292 g/mol. The number of amides is 1. The molecule has 0 saturated carbocycles. The van der Waals surface area contributed by atoms with Gasteiger partial charge in [0.05, 0.1) is 0 Å². The second-order valence-electron chi connectivity index (χ2n) is 6.47. The highest BCUT2D eigenvalue weighted by Crippen LogP contribution is 2.36. The third kappa shape index (κ3) is 2.22. The maximum atomic E-state index is 12.5. The van der Waals surface area contributed by atoms with Gasteiger partial charge in [0.25, 0.3) is 5.91 Å². The van der Waals surface area contributed by atoms with E-state index in [9.17, 15) is 4.79 Å². The Bertz CT molecular complexity index is 711. The molecule has 2 aromatic rings. The molecule has 0 aliphatic carbocycles. The van der Waals surface area contributed by atoms with Crippen LogP contribution in [0.3, 0.4) is 0 Å². The summed E-state index contributed by atoms with van der Waals surface area (Å²) < 4.78 is 0. The highest BCUT2D eigenvalue weighted by molar-refractivity contribution is 5.97. The molecule has 1 fully saturated rings. The van der Waals surface area contributed by atoms with Gasteiger partial charge in [0.2, 0.25) is 0 Å². The second-order valence-corrected chi connectivity index (χ2v) is 6.47. The summed E-state index contributed by atoms with van der Waals surface area (Å²) >= 11 is 0. The van der Waals surface area contributed by atoms with Crippen molar-refractivity contribution in [2.24, 2.45) is 5.92 Å². The second kappa shape index (κ2) is 5.25. The topological polar surface area (TPSA) is 32.3 Å². The monoisotopic (exact) mass is 292 g/mol. The molecule has 3 heteroatoms. The lowest BCUT2D eigenvalue weighted by Crippen LogP contribution is -2.29. The molecule has 0 bridgehead atoms. The molecule has 0 aromatic heterocycles. The lowest BCUT2D eigenvalue weighted by Gasteiger charge is -2.17. The number of nitrogens with zero attached hydrogens (tertiary/aromatic N) is 1. The Hall–Kier alpha value is -2.13. The maximum absolute atomic E-state index is 12.5. The van der Waals surface area contributed by atoms with Gasteiger partial charge in [0.1, 0.15) is 0 Å². The molecule has 2 heterocycles. The number of fused-ring (bicyclic) bond motifs is 3. The van der Waals surface area contributed by atoms with Gasteiger partial charge in [-0.25, -0.2) is 0 Å². The normalized spacial score (nSPS) is 24.3. The van der Waals surface area contributed by atoms with E-state index >= 15 is 0 Å². The van der Waals surface area contributed by atoms with Gasteiger partial charge in [-0.3, -0.25) is 4.79 Å². The molecule has 2 aliphatic rings. The summed E-state index contributed by atoms with van der Waals surface area (Å²) in [5.74, 6) is 1.06. The van der Waals surface area contributed by atoms with E-state index in [1.807, 2.05) is 18.2 Å². The van der Waals surface area contributed by atoms with Gasteiger partial charge < -0.3 is 10.2 Å². The number of carbonyl (C=O) groups excluding carboxylic acids is 1. The Labute approximate surface area is 131 Å². The fraction of sp³-hybridized carbons (Fsp3) is 0.316. The van der Waals surface area contributed by atoms with Crippen molar-refractivity contribution in [3.63, 3.8) is 0 Å². The molecule has 0 spiro atoms. The van der Waals surface area contributed by atoms with Gasteiger partial charge in [-0.15, -0.1) is 0 Å². The summed E-state index contributed by atoms with van der Waals surface area (Å²) in [6.45, 7) is 2.88. The largest absolute Gasteiger partial charge is 0.352 e. The lowest BCUT2D eigenvalue weighted by atomic mass is 9.86. The van der Waals surface area contributed by atoms with Crippen molar-refractivity contribution in [2.45, 2.75) is 5.92 Å². The third-order valence-electron chi connectivity index (χ3n) is 4.95. The van der Waals surface area contributed by atoms with Gasteiger partial charge in [0, 0.05) is 31.1 Å². The van der Waals surface area contributed by atoms with E-state index in [2.05, 4.69) is 47.6 Å². The van der Waals surface area contributed by atoms with Crippen LogP contribution >= 0.6 is 0 Å². The molecular weight excluding hydrogens is 272 g/mol. The Morgan fingerprint density at radius 2 is 1.86 bits per heavy atom. The van der Waals surface area contributed by atoms with Crippen LogP contribution in [0, 0.1) is 5.92 Å². The van der Waals surface area contributed by atoms with Crippen LogP contribution in [0.25, 0.3) is 11.1 Å². The first kappa shape index (κ1) is 13.5. The standard InChI is InChI=1S/C19H20N2O/c1-21-11-15-10-20-19(22)17-9-14(13-5-3-2-4-6-13)7-8-16(17)18(15)12-21/h2-9,15,18H,10-12H2,1H3,(H,20,22)/t15-,18-/m1/s1. The molecule has 4 rings (SSSR count). The number of benzene rings is 2. The van der Waals surface area contributed by atoms with Crippen LogP contribution in [0.1, 0.15) is 21.8 Å². The number of carbonyl (C=O) groups is 1. The summed E-state index contributed by atoms with van der Waals surface area (Å²) in [5.41, 5.74) is 4.33. The van der Waals surface area contributed by atoms with Crippen LogP contribution in [0.2, 0.25) is 0 Å². The van der Waals surface area contributed by atoms with Crippen molar-refractivity contribution in [3.05, 3.63) is 59.7 Å². The molecule has 2 atom stereocenters. The first-order chi connectivity index (χ1) is 10.7. The SMILES string of the molecule is CN1C[C@H]2CNC(=O)c3cc(-c4ccccc4)ccc3[C@@H]2C1. The molecule has 2 aliphatic heterocycles. The van der Waals surface area contributed by atoms with Gasteiger partial charge in [-0.1, -0.05) is 42.5 Å².